The van der Waals surface area contributed by atoms with Gasteiger partial charge in [0.25, 0.3) is 0 Å². The summed E-state index contributed by atoms with van der Waals surface area (Å²) < 4.78 is 13.0. The van der Waals surface area contributed by atoms with E-state index in [1.54, 1.807) is 6.07 Å². The van der Waals surface area contributed by atoms with Crippen LogP contribution in [-0.4, -0.2) is 11.0 Å². The Morgan fingerprint density at radius 1 is 1.67 bits per heavy atom. The van der Waals surface area contributed by atoms with Crippen molar-refractivity contribution >= 4 is 11.6 Å². The summed E-state index contributed by atoms with van der Waals surface area (Å²) in [7, 11) is 0. The second-order valence-corrected chi connectivity index (χ2v) is 3.48. The van der Waals surface area contributed by atoms with Gasteiger partial charge in [0.2, 0.25) is 5.95 Å². The highest BCUT2D eigenvalue weighted by atomic mass is 35.5. The highest BCUT2D eigenvalue weighted by Crippen LogP contribution is 2.40. The first-order valence-electron chi connectivity index (χ1n) is 3.75. The lowest BCUT2D eigenvalue weighted by Gasteiger charge is -1.99. The minimum absolute atomic E-state index is 0.0831. The molecular weight excluding hydrogens is 179 g/mol. The zero-order valence-corrected chi connectivity index (χ0v) is 7.05. The van der Waals surface area contributed by atoms with Crippen molar-refractivity contribution in [1.82, 2.24) is 4.98 Å². The molecule has 0 bridgehead atoms. The number of rotatable bonds is 1. The molecule has 1 aromatic rings. The minimum Gasteiger partial charge on any atom is -0.327 e. The Bertz CT molecular complexity index is 316. The monoisotopic (exact) mass is 186 g/mol. The zero-order valence-electron chi connectivity index (χ0n) is 6.30. The third-order valence-electron chi connectivity index (χ3n) is 2.07. The van der Waals surface area contributed by atoms with E-state index >= 15 is 0 Å². The van der Waals surface area contributed by atoms with Crippen molar-refractivity contribution in [3.63, 3.8) is 0 Å². The molecule has 12 heavy (non-hydrogen) atoms. The van der Waals surface area contributed by atoms with E-state index in [-0.39, 0.29) is 12.0 Å². The molecule has 1 aromatic heterocycles. The van der Waals surface area contributed by atoms with Crippen LogP contribution in [0.4, 0.5) is 4.39 Å². The van der Waals surface area contributed by atoms with Crippen LogP contribution in [0.1, 0.15) is 17.9 Å². The molecule has 2 rings (SSSR count). The molecule has 64 valence electrons. The van der Waals surface area contributed by atoms with Crippen LogP contribution in [0.3, 0.4) is 0 Å². The third-order valence-corrected chi connectivity index (χ3v) is 2.28. The molecule has 0 aliphatic heterocycles. The Kier molecular flexibility index (Phi) is 1.77. The van der Waals surface area contributed by atoms with E-state index in [4.69, 9.17) is 17.3 Å². The first-order chi connectivity index (χ1) is 5.68. The Hall–Kier alpha value is -0.670. The van der Waals surface area contributed by atoms with Crippen LogP contribution in [0.5, 0.6) is 0 Å². The molecule has 1 aliphatic carbocycles. The van der Waals surface area contributed by atoms with E-state index in [2.05, 4.69) is 4.98 Å². The Balaban J connectivity index is 2.36. The Labute approximate surface area is 74.5 Å². The van der Waals surface area contributed by atoms with Crippen LogP contribution in [-0.2, 0) is 0 Å². The highest BCUT2D eigenvalue weighted by molar-refractivity contribution is 6.30. The van der Waals surface area contributed by atoms with E-state index in [1.165, 1.54) is 6.20 Å². The lowest BCUT2D eigenvalue weighted by Crippen LogP contribution is -2.03. The molecule has 0 radical (unpaired) electrons. The maximum absolute atomic E-state index is 13.0. The van der Waals surface area contributed by atoms with Crippen LogP contribution >= 0.6 is 11.6 Å². The fourth-order valence-corrected chi connectivity index (χ4v) is 1.44. The second kappa shape index (κ2) is 2.68. The Morgan fingerprint density at radius 3 is 2.92 bits per heavy atom. The molecule has 0 unspecified atom stereocenters. The van der Waals surface area contributed by atoms with Crippen molar-refractivity contribution in [2.75, 3.05) is 0 Å². The van der Waals surface area contributed by atoms with Crippen molar-refractivity contribution < 1.29 is 4.39 Å². The van der Waals surface area contributed by atoms with E-state index in [1.807, 2.05) is 0 Å². The van der Waals surface area contributed by atoms with Gasteiger partial charge in [0, 0.05) is 23.7 Å². The van der Waals surface area contributed by atoms with Gasteiger partial charge in [-0.1, -0.05) is 11.6 Å². The summed E-state index contributed by atoms with van der Waals surface area (Å²) in [5, 5.41) is 0.463. The predicted octanol–water partition coefficient (Wildman–Crippen LogP) is 1.69. The van der Waals surface area contributed by atoms with Crippen LogP contribution in [0.2, 0.25) is 5.02 Å². The third kappa shape index (κ3) is 1.30. The largest absolute Gasteiger partial charge is 0.327 e. The van der Waals surface area contributed by atoms with Gasteiger partial charge in [-0.25, -0.2) is 4.98 Å². The van der Waals surface area contributed by atoms with Gasteiger partial charge in [-0.3, -0.25) is 0 Å². The van der Waals surface area contributed by atoms with Crippen molar-refractivity contribution in [3.8, 4) is 0 Å². The molecule has 0 spiro atoms. The molecule has 2 atom stereocenters. The van der Waals surface area contributed by atoms with Gasteiger partial charge >= 0.3 is 0 Å². The molecule has 0 amide bonds. The van der Waals surface area contributed by atoms with Crippen molar-refractivity contribution in [2.45, 2.75) is 18.4 Å². The SMILES string of the molecule is N[C@@H]1C[C@H]1c1cc(Cl)cnc1F. The number of hydrogen-bond acceptors (Lipinski definition) is 2. The fourth-order valence-electron chi connectivity index (χ4n) is 1.27. The smallest absolute Gasteiger partial charge is 0.216 e. The molecule has 2 nitrogen and oxygen atoms in total. The van der Waals surface area contributed by atoms with Gasteiger partial charge in [-0.2, -0.15) is 4.39 Å². The zero-order chi connectivity index (χ0) is 8.72. The summed E-state index contributed by atoms with van der Waals surface area (Å²) in [6.07, 6.45) is 2.13. The van der Waals surface area contributed by atoms with Gasteiger partial charge in [0.05, 0.1) is 5.02 Å². The van der Waals surface area contributed by atoms with E-state index < -0.39 is 5.95 Å². The lowest BCUT2D eigenvalue weighted by atomic mass is 10.2. The van der Waals surface area contributed by atoms with Gasteiger partial charge in [-0.05, 0) is 12.5 Å². The lowest BCUT2D eigenvalue weighted by molar-refractivity contribution is 0.566. The number of nitrogens with zero attached hydrogens (tertiary/aromatic N) is 1. The minimum atomic E-state index is -0.447. The van der Waals surface area contributed by atoms with Crippen molar-refractivity contribution in [3.05, 3.63) is 28.8 Å². The number of nitrogens with two attached hydrogens (primary N) is 1. The highest BCUT2D eigenvalue weighted by Gasteiger charge is 2.37. The molecule has 0 aromatic carbocycles. The molecule has 0 saturated heterocycles. The standard InChI is InChI=1S/C8H8ClFN2/c9-4-1-6(5-2-7(5)11)8(10)12-3-4/h1,3,5,7H,2,11H2/t5-,7+/m0/s1. The van der Waals surface area contributed by atoms with E-state index in [0.717, 1.165) is 6.42 Å². The maximum Gasteiger partial charge on any atom is 0.216 e. The topological polar surface area (TPSA) is 38.9 Å². The maximum atomic E-state index is 13.0. The molecular formula is C8H8ClFN2. The van der Waals surface area contributed by atoms with Gasteiger partial charge < -0.3 is 5.73 Å². The van der Waals surface area contributed by atoms with Crippen molar-refractivity contribution in [2.24, 2.45) is 5.73 Å². The summed E-state index contributed by atoms with van der Waals surface area (Å²) in [5.41, 5.74) is 6.13. The fraction of sp³-hybridized carbons (Fsp3) is 0.375. The van der Waals surface area contributed by atoms with E-state index in [0.29, 0.717) is 10.6 Å². The summed E-state index contributed by atoms with van der Waals surface area (Å²) in [6.45, 7) is 0. The number of aromatic nitrogens is 1. The molecule has 2 N–H and O–H groups in total. The van der Waals surface area contributed by atoms with Gasteiger partial charge in [0.1, 0.15) is 0 Å². The van der Waals surface area contributed by atoms with Crippen LogP contribution in [0.15, 0.2) is 12.3 Å². The number of pyridine rings is 1. The molecule has 1 saturated carbocycles. The van der Waals surface area contributed by atoms with Crippen LogP contribution in [0, 0.1) is 5.95 Å². The van der Waals surface area contributed by atoms with E-state index in [9.17, 15) is 4.39 Å². The summed E-state index contributed by atoms with van der Waals surface area (Å²) in [5.74, 6) is -0.325. The normalized spacial score (nSPS) is 27.2. The molecule has 1 fully saturated rings. The van der Waals surface area contributed by atoms with Crippen LogP contribution < -0.4 is 5.73 Å². The first kappa shape index (κ1) is 7.95. The first-order valence-corrected chi connectivity index (χ1v) is 4.13. The Morgan fingerprint density at radius 2 is 2.33 bits per heavy atom. The quantitative estimate of drug-likeness (QED) is 0.678. The second-order valence-electron chi connectivity index (χ2n) is 3.04. The summed E-state index contributed by atoms with van der Waals surface area (Å²) >= 11 is 5.67. The number of hydrogen-bond donors (Lipinski definition) is 1. The van der Waals surface area contributed by atoms with Gasteiger partial charge in [-0.15, -0.1) is 0 Å². The summed E-state index contributed by atoms with van der Waals surface area (Å²) in [4.78, 5) is 3.52. The average molecular weight is 187 g/mol. The van der Waals surface area contributed by atoms with Crippen LogP contribution in [0.25, 0.3) is 0 Å². The predicted molar refractivity (Wildman–Crippen MR) is 44.5 cm³/mol. The molecule has 1 heterocycles. The molecule has 4 heteroatoms. The van der Waals surface area contributed by atoms with Gasteiger partial charge in [0.15, 0.2) is 0 Å². The number of halogens is 2. The summed E-state index contributed by atoms with van der Waals surface area (Å²) in [6, 6.07) is 1.68. The average Bonchev–Trinajstić information content (AvgIpc) is 2.73. The van der Waals surface area contributed by atoms with Crippen molar-refractivity contribution in [1.29, 1.82) is 0 Å². The molecule has 1 aliphatic rings.